The van der Waals surface area contributed by atoms with Crippen LogP contribution >= 0.6 is 0 Å². The molecule has 1 aliphatic rings. The lowest BCUT2D eigenvalue weighted by atomic mass is 9.92. The van der Waals surface area contributed by atoms with E-state index in [1.54, 1.807) is 30.3 Å². The van der Waals surface area contributed by atoms with Crippen molar-refractivity contribution in [3.8, 4) is 17.2 Å². The molecule has 0 bridgehead atoms. The number of rotatable bonds is 3. The maximum atomic E-state index is 12.9. The summed E-state index contributed by atoms with van der Waals surface area (Å²) in [6, 6.07) is 11.3. The Morgan fingerprint density at radius 1 is 1.08 bits per heavy atom. The number of aromatic hydroxyl groups is 1. The first-order valence-corrected chi connectivity index (χ1v) is 7.85. The van der Waals surface area contributed by atoms with Crippen molar-refractivity contribution in [3.05, 3.63) is 53.6 Å². The first-order chi connectivity index (χ1) is 12.4. The zero-order valence-electron chi connectivity index (χ0n) is 14.1. The van der Waals surface area contributed by atoms with E-state index in [0.29, 0.717) is 5.56 Å². The van der Waals surface area contributed by atoms with Gasteiger partial charge in [0.15, 0.2) is 6.10 Å². The molecule has 7 heteroatoms. The number of benzene rings is 2. The van der Waals surface area contributed by atoms with Crippen LogP contribution in [0.5, 0.6) is 17.2 Å². The Hall–Kier alpha value is -3.35. The van der Waals surface area contributed by atoms with Crippen LogP contribution in [0.3, 0.4) is 0 Å². The summed E-state index contributed by atoms with van der Waals surface area (Å²) in [6.07, 6.45) is -2.14. The second-order valence-corrected chi connectivity index (χ2v) is 5.75. The minimum absolute atomic E-state index is 0.0410. The van der Waals surface area contributed by atoms with E-state index in [9.17, 15) is 19.5 Å². The van der Waals surface area contributed by atoms with Gasteiger partial charge >= 0.3 is 11.9 Å². The molecule has 134 valence electrons. The highest BCUT2D eigenvalue weighted by Gasteiger charge is 2.42. The molecule has 0 spiro atoms. The van der Waals surface area contributed by atoms with Crippen molar-refractivity contribution in [3.63, 3.8) is 0 Å². The predicted octanol–water partition coefficient (Wildman–Crippen LogP) is 2.57. The van der Waals surface area contributed by atoms with E-state index in [2.05, 4.69) is 0 Å². The topological polar surface area (TPSA) is 99.1 Å². The number of hydrogen-bond acceptors (Lipinski definition) is 7. The first kappa shape index (κ1) is 17.5. The molecule has 0 fully saturated rings. The zero-order chi connectivity index (χ0) is 18.8. The summed E-state index contributed by atoms with van der Waals surface area (Å²) < 4.78 is 16.0. The molecule has 0 amide bonds. The van der Waals surface area contributed by atoms with Gasteiger partial charge in [0.05, 0.1) is 0 Å². The van der Waals surface area contributed by atoms with Crippen molar-refractivity contribution in [2.24, 2.45) is 0 Å². The number of carbonyl (C=O) groups excluding carboxylic acids is 3. The number of fused-ring (bicyclic) bond motifs is 1. The number of carbonyl (C=O) groups is 3. The maximum absolute atomic E-state index is 12.9. The molecule has 1 aliphatic heterocycles. The number of Topliss-reactive ketones (excluding diaryl/α,β-unsaturated/α-hetero) is 1. The highest BCUT2D eigenvalue weighted by Crippen LogP contribution is 2.43. The molecule has 2 atom stereocenters. The molecule has 1 N–H and O–H groups in total. The summed E-state index contributed by atoms with van der Waals surface area (Å²) in [5.41, 5.74) is 0.495. The quantitative estimate of drug-likeness (QED) is 0.666. The number of hydrogen-bond donors (Lipinski definition) is 1. The van der Waals surface area contributed by atoms with Crippen LogP contribution in [0.4, 0.5) is 0 Å². The van der Waals surface area contributed by atoms with Crippen molar-refractivity contribution in [1.29, 1.82) is 0 Å². The van der Waals surface area contributed by atoms with E-state index < -0.39 is 35.7 Å². The van der Waals surface area contributed by atoms with Crippen molar-refractivity contribution >= 4 is 17.7 Å². The molecule has 0 unspecified atom stereocenters. The molecule has 7 nitrogen and oxygen atoms in total. The molecule has 3 rings (SSSR count). The van der Waals surface area contributed by atoms with E-state index in [-0.39, 0.29) is 17.1 Å². The Morgan fingerprint density at radius 2 is 1.77 bits per heavy atom. The van der Waals surface area contributed by atoms with Gasteiger partial charge in [0.25, 0.3) is 0 Å². The molecule has 0 radical (unpaired) electrons. The highest BCUT2D eigenvalue weighted by atomic mass is 16.6. The van der Waals surface area contributed by atoms with Gasteiger partial charge in [-0.25, -0.2) is 0 Å². The van der Waals surface area contributed by atoms with Gasteiger partial charge in [-0.2, -0.15) is 0 Å². The normalized spacial score (nSPS) is 18.5. The van der Waals surface area contributed by atoms with Gasteiger partial charge in [-0.3, -0.25) is 14.4 Å². The lowest BCUT2D eigenvalue weighted by Gasteiger charge is -2.32. The van der Waals surface area contributed by atoms with Crippen LogP contribution in [-0.4, -0.2) is 28.9 Å². The van der Waals surface area contributed by atoms with E-state index in [1.807, 2.05) is 0 Å². The van der Waals surface area contributed by atoms with Gasteiger partial charge in [0.2, 0.25) is 11.9 Å². The molecular weight excluding hydrogens is 340 g/mol. The Labute approximate surface area is 149 Å². The fourth-order valence-electron chi connectivity index (χ4n) is 2.80. The molecule has 0 aliphatic carbocycles. The van der Waals surface area contributed by atoms with Crippen LogP contribution in [0, 0.1) is 0 Å². The summed E-state index contributed by atoms with van der Waals surface area (Å²) in [5, 5.41) is 10.2. The molecule has 26 heavy (non-hydrogen) atoms. The Bertz CT molecular complexity index is 873. The number of phenolic OH excluding ortho intramolecular Hbond substituents is 1. The average Bonchev–Trinajstić information content (AvgIpc) is 2.56. The summed E-state index contributed by atoms with van der Waals surface area (Å²) >= 11 is 0. The summed E-state index contributed by atoms with van der Waals surface area (Å²) in [5.74, 6) is -2.16. The van der Waals surface area contributed by atoms with Crippen LogP contribution in [0.2, 0.25) is 0 Å². The maximum Gasteiger partial charge on any atom is 0.308 e. The molecule has 1 heterocycles. The van der Waals surface area contributed by atoms with Crippen LogP contribution in [0.15, 0.2) is 42.5 Å². The highest BCUT2D eigenvalue weighted by molar-refractivity contribution is 6.06. The third-order valence-electron chi connectivity index (χ3n) is 3.77. The molecule has 2 aromatic carbocycles. The average molecular weight is 356 g/mol. The van der Waals surface area contributed by atoms with Gasteiger partial charge in [-0.1, -0.05) is 30.3 Å². The standard InChI is InChI=1S/C19H16O7/c1-10(20)24-13-8-14(22)16-15(9-13)26-18(12-6-4-3-5-7-12)19(17(16)23)25-11(2)21/h3-9,18-19,22H,1-2H3/t18-,19+/m1/s1. The van der Waals surface area contributed by atoms with Gasteiger partial charge < -0.3 is 19.3 Å². The molecular formula is C19H16O7. The number of esters is 2. The third kappa shape index (κ3) is 3.37. The second-order valence-electron chi connectivity index (χ2n) is 5.75. The van der Waals surface area contributed by atoms with E-state index in [0.717, 1.165) is 6.07 Å². The van der Waals surface area contributed by atoms with Gasteiger partial charge in [-0.15, -0.1) is 0 Å². The van der Waals surface area contributed by atoms with Crippen LogP contribution in [-0.2, 0) is 14.3 Å². The lowest BCUT2D eigenvalue weighted by Crippen LogP contribution is -2.39. The molecule has 0 saturated carbocycles. The van der Waals surface area contributed by atoms with Crippen LogP contribution < -0.4 is 9.47 Å². The van der Waals surface area contributed by atoms with Crippen molar-refractivity contribution in [2.45, 2.75) is 26.1 Å². The Morgan fingerprint density at radius 3 is 2.38 bits per heavy atom. The summed E-state index contributed by atoms with van der Waals surface area (Å²) in [6.45, 7) is 2.40. The number of ketones is 1. The zero-order valence-corrected chi connectivity index (χ0v) is 14.1. The van der Waals surface area contributed by atoms with E-state index in [4.69, 9.17) is 14.2 Å². The SMILES string of the molecule is CC(=O)Oc1cc(O)c2c(c1)O[C@H](c1ccccc1)[C@@H](OC(C)=O)C2=O. The van der Waals surface area contributed by atoms with E-state index >= 15 is 0 Å². The van der Waals surface area contributed by atoms with Crippen molar-refractivity contribution in [2.75, 3.05) is 0 Å². The van der Waals surface area contributed by atoms with Crippen LogP contribution in [0.1, 0.15) is 35.9 Å². The van der Waals surface area contributed by atoms with Gasteiger partial charge in [-0.05, 0) is 5.56 Å². The van der Waals surface area contributed by atoms with Gasteiger partial charge in [0.1, 0.15) is 22.8 Å². The predicted molar refractivity (Wildman–Crippen MR) is 89.1 cm³/mol. The lowest BCUT2D eigenvalue weighted by molar-refractivity contribution is -0.149. The second kappa shape index (κ2) is 6.87. The fraction of sp³-hybridized carbons (Fsp3) is 0.211. The van der Waals surface area contributed by atoms with Gasteiger partial charge in [0, 0.05) is 26.0 Å². The molecule has 0 saturated heterocycles. The Kier molecular flexibility index (Phi) is 4.62. The van der Waals surface area contributed by atoms with Crippen LogP contribution in [0.25, 0.3) is 0 Å². The molecule has 0 aromatic heterocycles. The van der Waals surface area contributed by atoms with E-state index in [1.165, 1.54) is 19.9 Å². The minimum atomic E-state index is -1.24. The summed E-state index contributed by atoms with van der Waals surface area (Å²) in [7, 11) is 0. The monoisotopic (exact) mass is 356 g/mol. The fourth-order valence-corrected chi connectivity index (χ4v) is 2.80. The third-order valence-corrected chi connectivity index (χ3v) is 3.77. The largest absolute Gasteiger partial charge is 0.507 e. The molecule has 2 aromatic rings. The Balaban J connectivity index is 2.09. The van der Waals surface area contributed by atoms with Crippen molar-refractivity contribution in [1.82, 2.24) is 0 Å². The summed E-state index contributed by atoms with van der Waals surface area (Å²) in [4.78, 5) is 35.5. The first-order valence-electron chi connectivity index (χ1n) is 7.85. The number of phenols is 1. The number of ether oxygens (including phenoxy) is 3. The minimum Gasteiger partial charge on any atom is -0.507 e. The van der Waals surface area contributed by atoms with Crippen molar-refractivity contribution < 1.29 is 33.7 Å². The smallest absolute Gasteiger partial charge is 0.308 e.